The van der Waals surface area contributed by atoms with E-state index in [1.54, 1.807) is 10.1 Å². The van der Waals surface area contributed by atoms with Gasteiger partial charge in [0.2, 0.25) is 13.6 Å². The average Bonchev–Trinajstić information content (AvgIpc) is 3.67. The Balaban J connectivity index is 1.14. The molecule has 0 amide bonds. The van der Waals surface area contributed by atoms with Gasteiger partial charge < -0.3 is 28.6 Å². The third kappa shape index (κ3) is 5.90. The van der Waals surface area contributed by atoms with Crippen molar-refractivity contribution in [1.29, 1.82) is 0 Å². The Hall–Kier alpha value is -4.08. The topological polar surface area (TPSA) is 96.0 Å². The van der Waals surface area contributed by atoms with Crippen LogP contribution in [-0.4, -0.2) is 37.6 Å². The van der Waals surface area contributed by atoms with Crippen LogP contribution in [0.5, 0.6) is 23.0 Å². The van der Waals surface area contributed by atoms with Crippen molar-refractivity contribution in [1.82, 2.24) is 0 Å². The minimum atomic E-state index is -0.660. The summed E-state index contributed by atoms with van der Waals surface area (Å²) in [4.78, 5) is 37.5. The van der Waals surface area contributed by atoms with Crippen molar-refractivity contribution in [2.24, 2.45) is 0 Å². The number of ether oxygens (including phenoxy) is 4. The second-order valence-corrected chi connectivity index (χ2v) is 10.5. The summed E-state index contributed by atoms with van der Waals surface area (Å²) in [6, 6.07) is 11.0. The smallest absolute Gasteiger partial charge is 0.356 e. The normalized spacial score (nSPS) is 18.5. The maximum Gasteiger partial charge on any atom is 0.356 e. The quantitative estimate of drug-likeness (QED) is 0.305. The van der Waals surface area contributed by atoms with Crippen LogP contribution in [-0.2, 0) is 19.3 Å². The zero-order valence-corrected chi connectivity index (χ0v) is 22.4. The van der Waals surface area contributed by atoms with E-state index in [0.29, 0.717) is 34.4 Å². The molecular formula is C30H34N2O8. The molecule has 2 aliphatic heterocycles. The molecule has 0 unspecified atom stereocenters. The van der Waals surface area contributed by atoms with E-state index >= 15 is 0 Å². The lowest BCUT2D eigenvalue weighted by atomic mass is 9.95. The van der Waals surface area contributed by atoms with Gasteiger partial charge >= 0.3 is 11.9 Å². The summed E-state index contributed by atoms with van der Waals surface area (Å²) in [6.07, 6.45) is 12.4. The maximum atomic E-state index is 12.9. The van der Waals surface area contributed by atoms with Crippen LogP contribution < -0.4 is 29.1 Å². The van der Waals surface area contributed by atoms with Crippen LogP contribution in [0.15, 0.2) is 48.6 Å². The summed E-state index contributed by atoms with van der Waals surface area (Å²) < 4.78 is 21.9. The zero-order valence-electron chi connectivity index (χ0n) is 22.4. The van der Waals surface area contributed by atoms with Crippen LogP contribution in [0.4, 0.5) is 11.4 Å². The molecule has 6 rings (SSSR count). The number of fused-ring (bicyclic) bond motifs is 2. The fraction of sp³-hybridized carbons (Fsp3) is 0.467. The van der Waals surface area contributed by atoms with Gasteiger partial charge in [-0.1, -0.05) is 38.5 Å². The van der Waals surface area contributed by atoms with Crippen molar-refractivity contribution in [3.05, 3.63) is 48.6 Å². The van der Waals surface area contributed by atoms with E-state index in [9.17, 15) is 9.59 Å². The molecule has 2 aliphatic carbocycles. The van der Waals surface area contributed by atoms with Gasteiger partial charge in [-0.25, -0.2) is 19.7 Å². The highest BCUT2D eigenvalue weighted by molar-refractivity contribution is 5.92. The predicted molar refractivity (Wildman–Crippen MR) is 145 cm³/mol. The van der Waals surface area contributed by atoms with E-state index in [0.717, 1.165) is 76.4 Å². The Labute approximate surface area is 233 Å². The highest BCUT2D eigenvalue weighted by atomic mass is 16.7. The molecule has 2 fully saturated rings. The number of hydrogen-bond acceptors (Lipinski definition) is 10. The first kappa shape index (κ1) is 26.2. The largest absolute Gasteiger partial charge is 0.454 e. The number of hydrogen-bond donors (Lipinski definition) is 0. The van der Waals surface area contributed by atoms with E-state index in [4.69, 9.17) is 28.6 Å². The predicted octanol–water partition coefficient (Wildman–Crippen LogP) is 5.60. The Morgan fingerprint density at radius 1 is 0.600 bits per heavy atom. The summed E-state index contributed by atoms with van der Waals surface area (Å²) in [7, 11) is 0. The number of anilines is 2. The van der Waals surface area contributed by atoms with Crippen LogP contribution in [0.2, 0.25) is 0 Å². The number of benzene rings is 2. The van der Waals surface area contributed by atoms with E-state index < -0.39 is 11.9 Å². The van der Waals surface area contributed by atoms with Gasteiger partial charge in [-0.05, 0) is 49.9 Å². The van der Waals surface area contributed by atoms with Crippen molar-refractivity contribution in [3.8, 4) is 23.0 Å². The van der Waals surface area contributed by atoms with Gasteiger partial charge in [-0.2, -0.15) is 0 Å². The van der Waals surface area contributed by atoms with Gasteiger partial charge in [0.1, 0.15) is 0 Å². The second kappa shape index (κ2) is 12.0. The van der Waals surface area contributed by atoms with Crippen molar-refractivity contribution in [2.75, 3.05) is 23.7 Å². The number of rotatable bonds is 8. The molecule has 0 saturated heterocycles. The van der Waals surface area contributed by atoms with Gasteiger partial charge in [0.05, 0.1) is 23.5 Å². The van der Waals surface area contributed by atoms with Crippen LogP contribution in [0, 0.1) is 0 Å². The monoisotopic (exact) mass is 550 g/mol. The first-order chi connectivity index (χ1) is 19.6. The SMILES string of the molecule is O=C(/C=C\C(=O)ON(c1ccc2c(c1)OCO2)C1CCCCC1)ON(c1ccc2c(c1)OCO2)C1CCCCC1. The van der Waals surface area contributed by atoms with Gasteiger partial charge in [0, 0.05) is 24.3 Å². The Bertz CT molecular complexity index is 1160. The molecule has 4 aliphatic rings. The lowest BCUT2D eigenvalue weighted by Crippen LogP contribution is -2.39. The van der Waals surface area contributed by atoms with Crippen LogP contribution in [0.25, 0.3) is 0 Å². The molecule has 212 valence electrons. The van der Waals surface area contributed by atoms with E-state index in [2.05, 4.69) is 0 Å². The Kier molecular flexibility index (Phi) is 7.83. The number of nitrogens with zero attached hydrogens (tertiary/aromatic N) is 2. The lowest BCUT2D eigenvalue weighted by molar-refractivity contribution is -0.143. The van der Waals surface area contributed by atoms with E-state index in [1.165, 1.54) is 0 Å². The summed E-state index contributed by atoms with van der Waals surface area (Å²) in [6.45, 7) is 0.327. The lowest BCUT2D eigenvalue weighted by Gasteiger charge is -2.34. The fourth-order valence-corrected chi connectivity index (χ4v) is 5.74. The van der Waals surface area contributed by atoms with E-state index in [1.807, 2.05) is 36.4 Å². The summed E-state index contributed by atoms with van der Waals surface area (Å²) >= 11 is 0. The molecule has 2 aromatic rings. The Morgan fingerprint density at radius 3 is 1.43 bits per heavy atom. The Morgan fingerprint density at radius 2 is 1.00 bits per heavy atom. The maximum absolute atomic E-state index is 12.9. The third-order valence-corrected chi connectivity index (χ3v) is 7.77. The standard InChI is InChI=1S/C30H34N2O8/c33-29(39-31(21-7-3-1-4-8-21)23-11-13-25-27(17-23)37-19-35-25)15-16-30(34)40-32(22-9-5-2-6-10-22)24-12-14-26-28(18-24)38-20-36-26/h11-18,21-22H,1-10,19-20H2/b16-15-. The molecule has 0 N–H and O–H groups in total. The van der Waals surface area contributed by atoms with Gasteiger partial charge in [-0.15, -0.1) is 0 Å². The van der Waals surface area contributed by atoms with Crippen molar-refractivity contribution >= 4 is 23.3 Å². The molecule has 0 bridgehead atoms. The average molecular weight is 551 g/mol. The minimum Gasteiger partial charge on any atom is -0.454 e. The first-order valence-electron chi connectivity index (χ1n) is 14.1. The van der Waals surface area contributed by atoms with Crippen LogP contribution in [0.3, 0.4) is 0 Å². The molecule has 0 spiro atoms. The van der Waals surface area contributed by atoms with Crippen LogP contribution >= 0.6 is 0 Å². The second-order valence-electron chi connectivity index (χ2n) is 10.5. The molecule has 10 nitrogen and oxygen atoms in total. The van der Waals surface area contributed by atoms with E-state index in [-0.39, 0.29) is 25.7 Å². The highest BCUT2D eigenvalue weighted by Crippen LogP contribution is 2.39. The van der Waals surface area contributed by atoms with Gasteiger partial charge in [0.15, 0.2) is 23.0 Å². The van der Waals surface area contributed by atoms with Crippen LogP contribution in [0.1, 0.15) is 64.2 Å². The molecule has 2 heterocycles. The van der Waals surface area contributed by atoms with Gasteiger partial charge in [-0.3, -0.25) is 0 Å². The molecule has 10 heteroatoms. The molecule has 40 heavy (non-hydrogen) atoms. The molecular weight excluding hydrogens is 516 g/mol. The summed E-state index contributed by atoms with van der Waals surface area (Å²) in [5.74, 6) is 1.22. The number of carbonyl (C=O) groups excluding carboxylic acids is 2. The fourth-order valence-electron chi connectivity index (χ4n) is 5.74. The minimum absolute atomic E-state index is 0.0335. The van der Waals surface area contributed by atoms with Crippen molar-refractivity contribution in [3.63, 3.8) is 0 Å². The molecule has 0 radical (unpaired) electrons. The zero-order chi connectivity index (χ0) is 27.3. The number of carbonyl (C=O) groups is 2. The first-order valence-corrected chi connectivity index (χ1v) is 14.1. The summed E-state index contributed by atoms with van der Waals surface area (Å²) in [5, 5.41) is 3.28. The van der Waals surface area contributed by atoms with Gasteiger partial charge in [0.25, 0.3) is 0 Å². The molecule has 2 aromatic carbocycles. The molecule has 0 aromatic heterocycles. The third-order valence-electron chi connectivity index (χ3n) is 7.77. The molecule has 0 atom stereocenters. The summed E-state index contributed by atoms with van der Waals surface area (Å²) in [5.41, 5.74) is 1.40. The highest BCUT2D eigenvalue weighted by Gasteiger charge is 2.28. The van der Waals surface area contributed by atoms with Crippen molar-refractivity contribution < 1.29 is 38.2 Å². The molecule has 2 saturated carbocycles. The van der Waals surface area contributed by atoms with Crippen molar-refractivity contribution in [2.45, 2.75) is 76.3 Å². The number of hydroxylamine groups is 2.